The molecule has 1 unspecified atom stereocenters. The summed E-state index contributed by atoms with van der Waals surface area (Å²) >= 11 is 7.67. The van der Waals surface area contributed by atoms with E-state index in [4.69, 9.17) is 0 Å². The molecule has 0 aliphatic carbocycles. The molecule has 1 nitrogen and oxygen atoms in total. The van der Waals surface area contributed by atoms with E-state index in [1.807, 2.05) is 0 Å². The van der Waals surface area contributed by atoms with Crippen LogP contribution in [0, 0.1) is 0 Å². The van der Waals surface area contributed by atoms with Crippen LogP contribution in [0.4, 0.5) is 26.3 Å². The van der Waals surface area contributed by atoms with Crippen LogP contribution in [-0.4, -0.2) is 22.5 Å². The zero-order valence-electron chi connectivity index (χ0n) is 5.43. The minimum absolute atomic E-state index is 3.44. The molecule has 0 aliphatic rings. The highest BCUT2D eigenvalue weighted by Crippen LogP contribution is 2.49. The molecule has 0 saturated carbocycles. The first-order valence-corrected chi connectivity index (χ1v) is 3.22. The maximum absolute atomic E-state index is 12.2. The van der Waals surface area contributed by atoms with Crippen LogP contribution in [0.5, 0.6) is 0 Å². The molecule has 0 bridgehead atoms. The topological polar surface area (TPSA) is 17.1 Å². The zero-order valence-corrected chi connectivity index (χ0v) is 6.94. The van der Waals surface area contributed by atoms with Gasteiger partial charge in [0.1, 0.15) is 0 Å². The summed E-state index contributed by atoms with van der Waals surface area (Å²) < 4.78 is 71.4. The fourth-order valence-corrected chi connectivity index (χ4v) is 0.599. The molecule has 0 rings (SSSR count). The number of hydrogen-bond acceptors (Lipinski definition) is 1. The molecule has 0 amide bonds. The highest BCUT2D eigenvalue weighted by molar-refractivity contribution is 6.34. The Kier molecular flexibility index (Phi) is 3.16. The Morgan fingerprint density at radius 2 is 1.31 bits per heavy atom. The molecule has 0 aromatic carbocycles. The van der Waals surface area contributed by atoms with E-state index in [0.717, 1.165) is 0 Å². The van der Waals surface area contributed by atoms with Crippen LogP contribution in [-0.2, 0) is 4.79 Å². The minimum Gasteiger partial charge on any atom is -0.256 e. The highest BCUT2D eigenvalue weighted by atomic mass is 35.5. The van der Waals surface area contributed by atoms with E-state index < -0.39 is 22.5 Å². The monoisotopic (exact) mass is 248 g/mol. The van der Waals surface area contributed by atoms with Crippen molar-refractivity contribution in [2.75, 3.05) is 0 Å². The average Bonchev–Trinajstić information content (AvgIpc) is 1.84. The van der Waals surface area contributed by atoms with E-state index in [1.165, 1.54) is 0 Å². The first kappa shape index (κ1) is 12.8. The predicted molar refractivity (Wildman–Crippen MR) is 31.6 cm³/mol. The summed E-state index contributed by atoms with van der Waals surface area (Å²) in [5.74, 6) is -5.84. The molecule has 0 saturated heterocycles. The number of alkyl halides is 7. The van der Waals surface area contributed by atoms with E-state index >= 15 is 0 Å². The van der Waals surface area contributed by atoms with Gasteiger partial charge in [0.05, 0.1) is 0 Å². The third-order valence-electron chi connectivity index (χ3n) is 0.997. The van der Waals surface area contributed by atoms with Crippen LogP contribution in [0.15, 0.2) is 0 Å². The quantitative estimate of drug-likeness (QED) is 0.427. The van der Waals surface area contributed by atoms with Crippen molar-refractivity contribution >= 4 is 29.2 Å². The number of hydrogen-bond donors (Lipinski definition) is 0. The Labute approximate surface area is 77.6 Å². The van der Waals surface area contributed by atoms with Gasteiger partial charge in [-0.2, -0.15) is 22.0 Å². The Balaban J connectivity index is 5.16. The van der Waals surface area contributed by atoms with Gasteiger partial charge in [-0.15, -0.1) is 0 Å². The van der Waals surface area contributed by atoms with Crippen LogP contribution in [0.2, 0.25) is 0 Å². The van der Waals surface area contributed by atoms with Crippen LogP contribution in [0.25, 0.3) is 0 Å². The molecule has 0 radical (unpaired) electrons. The van der Waals surface area contributed by atoms with Crippen molar-refractivity contribution in [3.8, 4) is 0 Å². The van der Waals surface area contributed by atoms with E-state index in [-0.39, 0.29) is 0 Å². The van der Waals surface area contributed by atoms with Crippen molar-refractivity contribution in [1.82, 2.24) is 0 Å². The van der Waals surface area contributed by atoms with Gasteiger partial charge in [0, 0.05) is 0 Å². The van der Waals surface area contributed by atoms with Gasteiger partial charge in [-0.25, -0.2) is 4.39 Å². The van der Waals surface area contributed by atoms with E-state index in [0.29, 0.717) is 0 Å². The summed E-state index contributed by atoms with van der Waals surface area (Å²) in [6, 6.07) is -3.44. The maximum Gasteiger partial charge on any atom is 0.389 e. The van der Waals surface area contributed by atoms with Crippen molar-refractivity contribution in [2.45, 2.75) is 16.4 Å². The fourth-order valence-electron chi connectivity index (χ4n) is 0.301. The molecule has 78 valence electrons. The maximum atomic E-state index is 12.2. The second-order valence-electron chi connectivity index (χ2n) is 1.92. The molecule has 13 heavy (non-hydrogen) atoms. The second kappa shape index (κ2) is 3.20. The fraction of sp³-hybridized carbons (Fsp3) is 0.750. The second-order valence-corrected chi connectivity index (χ2v) is 2.92. The molecular weight excluding hydrogens is 249 g/mol. The molecule has 0 spiro atoms. The largest absolute Gasteiger partial charge is 0.389 e. The molecular formula is C4Cl2F6O. The lowest BCUT2D eigenvalue weighted by Crippen LogP contribution is -2.53. The predicted octanol–water partition coefficient (Wildman–Crippen LogP) is 2.85. The van der Waals surface area contributed by atoms with E-state index in [1.54, 1.807) is 0 Å². The molecule has 9 heteroatoms. The van der Waals surface area contributed by atoms with Gasteiger partial charge < -0.3 is 0 Å². The van der Waals surface area contributed by atoms with Gasteiger partial charge in [0.25, 0.3) is 0 Å². The molecule has 0 aliphatic heterocycles. The molecule has 0 aromatic heterocycles. The summed E-state index contributed by atoms with van der Waals surface area (Å²) in [4.78, 5) is 9.51. The van der Waals surface area contributed by atoms with Crippen molar-refractivity contribution in [1.29, 1.82) is 0 Å². The van der Waals surface area contributed by atoms with Gasteiger partial charge >= 0.3 is 22.5 Å². The van der Waals surface area contributed by atoms with Gasteiger partial charge in [-0.05, 0) is 11.6 Å². The van der Waals surface area contributed by atoms with Gasteiger partial charge in [0.2, 0.25) is 0 Å². The van der Waals surface area contributed by atoms with Crippen molar-refractivity contribution < 1.29 is 31.1 Å². The van der Waals surface area contributed by atoms with Crippen LogP contribution in [0.3, 0.4) is 0 Å². The number of rotatable bonds is 3. The van der Waals surface area contributed by atoms with E-state index in [2.05, 4.69) is 23.2 Å². The molecule has 0 aromatic rings. The van der Waals surface area contributed by atoms with E-state index in [9.17, 15) is 31.1 Å². The van der Waals surface area contributed by atoms with Gasteiger partial charge in [-0.3, -0.25) is 4.79 Å². The first-order chi connectivity index (χ1) is 5.44. The van der Waals surface area contributed by atoms with Crippen LogP contribution >= 0.6 is 23.2 Å². The smallest absolute Gasteiger partial charge is 0.256 e. The lowest BCUT2D eigenvalue weighted by molar-refractivity contribution is -0.213. The Bertz CT molecular complexity index is 221. The van der Waals surface area contributed by atoms with Crippen molar-refractivity contribution in [3.63, 3.8) is 0 Å². The van der Waals surface area contributed by atoms with Crippen LogP contribution in [0.1, 0.15) is 0 Å². The van der Waals surface area contributed by atoms with Crippen molar-refractivity contribution in [3.05, 3.63) is 0 Å². The zero-order chi connectivity index (χ0) is 11.1. The third-order valence-corrected chi connectivity index (χ3v) is 1.62. The molecule has 0 heterocycles. The summed E-state index contributed by atoms with van der Waals surface area (Å²) in [6.07, 6.45) is 0. The van der Waals surface area contributed by atoms with Gasteiger partial charge in [-0.1, -0.05) is 11.6 Å². The molecule has 0 N–H and O–H groups in total. The number of carbonyl (C=O) groups excluding carboxylic acids is 1. The normalized spacial score (nSPS) is 18.2. The van der Waals surface area contributed by atoms with Gasteiger partial charge in [0.15, 0.2) is 0 Å². The lowest BCUT2D eigenvalue weighted by Gasteiger charge is -2.26. The summed E-state index contributed by atoms with van der Waals surface area (Å²) in [5.41, 5.74) is 0. The minimum atomic E-state index is -5.84. The highest BCUT2D eigenvalue weighted by Gasteiger charge is 2.73. The number of halogens is 8. The SMILES string of the molecule is O=C(F)C(F)(Cl)C(F)(F)C(F)(F)Cl. The number of carbonyl (C=O) groups is 1. The lowest BCUT2D eigenvalue weighted by atomic mass is 10.2. The Morgan fingerprint density at radius 1 is 1.00 bits per heavy atom. The summed E-state index contributed by atoms with van der Waals surface area (Å²) in [6.45, 7) is 0. The van der Waals surface area contributed by atoms with Crippen LogP contribution < -0.4 is 0 Å². The average molecular weight is 249 g/mol. The molecule has 1 atom stereocenters. The summed E-state index contributed by atoms with van der Waals surface area (Å²) in [7, 11) is 0. The first-order valence-electron chi connectivity index (χ1n) is 2.47. The third kappa shape index (κ3) is 2.01. The summed E-state index contributed by atoms with van der Waals surface area (Å²) in [5, 5.41) is -10.6. The molecule has 0 fully saturated rings. The Hall–Kier alpha value is -0.170. The Morgan fingerprint density at radius 3 is 1.38 bits per heavy atom. The standard InChI is InChI=1S/C4Cl2F6O/c5-2(8,1(7)13)3(9,10)4(6,11)12. The van der Waals surface area contributed by atoms with Crippen molar-refractivity contribution in [2.24, 2.45) is 0 Å².